The number of fused-ring (bicyclic) bond motifs is 3. The number of benzene rings is 3. The van der Waals surface area contributed by atoms with Crippen LogP contribution >= 0.6 is 0 Å². The van der Waals surface area contributed by atoms with Crippen LogP contribution in [0.25, 0.3) is 12.2 Å². The van der Waals surface area contributed by atoms with Gasteiger partial charge in [-0.05, 0) is 81.5 Å². The average molecular weight is 929 g/mol. The zero-order valence-electron chi connectivity index (χ0n) is 40.2. The Labute approximate surface area is 394 Å². The van der Waals surface area contributed by atoms with Gasteiger partial charge in [0.15, 0.2) is 12.6 Å². The molecule has 10 atom stereocenters. The molecule has 364 valence electrons. The molecular weight excluding hydrogens is 861 g/mol. The van der Waals surface area contributed by atoms with Crippen molar-refractivity contribution >= 4 is 24.1 Å². The van der Waals surface area contributed by atoms with Gasteiger partial charge >= 0.3 is 11.9 Å². The number of rotatable bonds is 7. The Bertz CT molecular complexity index is 2240. The molecule has 1 fully saturated rings. The van der Waals surface area contributed by atoms with Gasteiger partial charge in [0, 0.05) is 42.9 Å². The van der Waals surface area contributed by atoms with Crippen molar-refractivity contribution < 1.29 is 67.9 Å². The van der Waals surface area contributed by atoms with Gasteiger partial charge in [0.2, 0.25) is 0 Å². The molecule has 0 bridgehead atoms. The Morgan fingerprint density at radius 1 is 0.672 bits per heavy atom. The van der Waals surface area contributed by atoms with E-state index >= 15 is 0 Å². The standard InChI is InChI=1S/C33H42O8.C20H26O6/c1-21-11-12-22(2)31-28(40-33(4,5)41-31)10-8-9-25-17-27(37-19-24-13-15-26(36-7)16-14-24)18-29(38-20-35-6)30(25)32(34)39-23(21)3;1-11-7-8-12(2)19(24)16(22)6-4-5-14-9-15(21)10-17(23)18(14)20(25)26-13(11)3/h8-9,11-18,21-23,28,31H,10,19-20H2,1-7H3;4-5,7-13,16,19,21-24H,6H2,1-3H3/b9-8+,12-11-;5-4+,8-7-/t21-,22?,23?,28?,31?;11-,12?,13?,16?,19?/m11/s1. The highest BCUT2D eigenvalue weighted by Crippen LogP contribution is 2.37. The van der Waals surface area contributed by atoms with Gasteiger partial charge in [-0.3, -0.25) is 0 Å². The van der Waals surface area contributed by atoms with E-state index in [1.165, 1.54) is 19.3 Å². The molecule has 14 nitrogen and oxygen atoms in total. The van der Waals surface area contributed by atoms with E-state index in [0.29, 0.717) is 35.7 Å². The first kappa shape index (κ1) is 52.3. The van der Waals surface area contributed by atoms with Crippen LogP contribution in [0.5, 0.6) is 28.7 Å². The van der Waals surface area contributed by atoms with Gasteiger partial charge in [-0.15, -0.1) is 0 Å². The zero-order chi connectivity index (χ0) is 49.0. The maximum Gasteiger partial charge on any atom is 0.342 e. The summed E-state index contributed by atoms with van der Waals surface area (Å²) in [5.41, 5.74) is 2.11. The van der Waals surface area contributed by atoms with Crippen LogP contribution < -0.4 is 14.2 Å². The topological polar surface area (TPSA) is 189 Å². The summed E-state index contributed by atoms with van der Waals surface area (Å²) >= 11 is 0. The number of aliphatic hydroxyl groups is 2. The van der Waals surface area contributed by atoms with Crippen molar-refractivity contribution in [2.75, 3.05) is 21.0 Å². The molecule has 67 heavy (non-hydrogen) atoms. The van der Waals surface area contributed by atoms with Crippen LogP contribution in [-0.4, -0.2) is 95.8 Å². The smallest absolute Gasteiger partial charge is 0.342 e. The molecule has 3 aliphatic heterocycles. The molecule has 3 aromatic carbocycles. The number of hydrogen-bond donors (Lipinski definition) is 4. The summed E-state index contributed by atoms with van der Waals surface area (Å²) in [5.74, 6) is -1.11. The summed E-state index contributed by atoms with van der Waals surface area (Å²) in [6.07, 6.45) is 12.5. The maximum absolute atomic E-state index is 13.6. The number of carbonyl (C=O) groups is 2. The minimum atomic E-state index is -0.983. The quantitative estimate of drug-likeness (QED) is 0.0997. The lowest BCUT2D eigenvalue weighted by Crippen LogP contribution is -2.31. The van der Waals surface area contributed by atoms with Crippen molar-refractivity contribution in [1.82, 2.24) is 0 Å². The molecule has 3 aliphatic rings. The second-order valence-electron chi connectivity index (χ2n) is 17.9. The lowest BCUT2D eigenvalue weighted by atomic mass is 9.94. The third-order valence-electron chi connectivity index (χ3n) is 12.1. The summed E-state index contributed by atoms with van der Waals surface area (Å²) in [6.45, 7) is 15.6. The molecular formula is C53H68O14. The van der Waals surface area contributed by atoms with Gasteiger partial charge in [0.1, 0.15) is 58.7 Å². The zero-order valence-corrected chi connectivity index (χ0v) is 40.2. The Balaban J connectivity index is 0.000000278. The van der Waals surface area contributed by atoms with Gasteiger partial charge in [-0.2, -0.15) is 0 Å². The van der Waals surface area contributed by atoms with E-state index in [1.807, 2.05) is 83.2 Å². The third-order valence-corrected chi connectivity index (χ3v) is 12.1. The summed E-state index contributed by atoms with van der Waals surface area (Å²) < 4.78 is 46.4. The monoisotopic (exact) mass is 928 g/mol. The summed E-state index contributed by atoms with van der Waals surface area (Å²) in [5, 5.41) is 40.2. The van der Waals surface area contributed by atoms with E-state index in [4.69, 9.17) is 37.9 Å². The molecule has 0 radical (unpaired) electrons. The highest BCUT2D eigenvalue weighted by atomic mass is 16.8. The molecule has 0 aliphatic carbocycles. The fourth-order valence-corrected chi connectivity index (χ4v) is 7.71. The fraction of sp³-hybridized carbons (Fsp3) is 0.472. The van der Waals surface area contributed by atoms with Gasteiger partial charge in [0.05, 0.1) is 31.5 Å². The van der Waals surface area contributed by atoms with Crippen molar-refractivity contribution in [3.63, 3.8) is 0 Å². The van der Waals surface area contributed by atoms with E-state index in [9.17, 15) is 30.0 Å². The van der Waals surface area contributed by atoms with Gasteiger partial charge in [-0.1, -0.05) is 88.4 Å². The number of aliphatic hydroxyl groups excluding tert-OH is 2. The first-order valence-electron chi connectivity index (χ1n) is 22.8. The van der Waals surface area contributed by atoms with Gasteiger partial charge in [0.25, 0.3) is 0 Å². The number of methoxy groups -OCH3 is 2. The molecule has 3 aromatic rings. The lowest BCUT2D eigenvalue weighted by molar-refractivity contribution is -0.148. The summed E-state index contributed by atoms with van der Waals surface area (Å²) in [4.78, 5) is 26.1. The van der Waals surface area contributed by atoms with Crippen LogP contribution in [0, 0.1) is 23.7 Å². The van der Waals surface area contributed by atoms with Crippen LogP contribution in [0.15, 0.2) is 85.0 Å². The van der Waals surface area contributed by atoms with Crippen LogP contribution in [0.1, 0.15) is 106 Å². The van der Waals surface area contributed by atoms with E-state index in [2.05, 4.69) is 19.1 Å². The van der Waals surface area contributed by atoms with Crippen molar-refractivity contribution in [3.05, 3.63) is 113 Å². The number of carbonyl (C=O) groups excluding carboxylic acids is 2. The maximum atomic E-state index is 13.6. The highest BCUT2D eigenvalue weighted by molar-refractivity contribution is 5.98. The highest BCUT2D eigenvalue weighted by Gasteiger charge is 2.42. The van der Waals surface area contributed by atoms with Crippen LogP contribution in [-0.2, 0) is 30.3 Å². The second kappa shape index (κ2) is 23.9. The first-order valence-corrected chi connectivity index (χ1v) is 22.8. The number of phenols is 2. The Morgan fingerprint density at radius 3 is 1.88 bits per heavy atom. The fourth-order valence-electron chi connectivity index (χ4n) is 7.71. The Kier molecular flexibility index (Phi) is 18.7. The predicted molar refractivity (Wildman–Crippen MR) is 254 cm³/mol. The van der Waals surface area contributed by atoms with E-state index in [0.717, 1.165) is 17.4 Å². The molecule has 8 unspecified atom stereocenters. The molecule has 0 amide bonds. The number of ether oxygens (including phenoxy) is 8. The van der Waals surface area contributed by atoms with E-state index < -0.39 is 36.0 Å². The van der Waals surface area contributed by atoms with E-state index in [-0.39, 0.29) is 77.8 Å². The molecule has 4 N–H and O–H groups in total. The molecule has 14 heteroatoms. The summed E-state index contributed by atoms with van der Waals surface area (Å²) in [6, 6.07) is 13.6. The number of cyclic esters (lactones) is 2. The number of hydrogen-bond acceptors (Lipinski definition) is 14. The Morgan fingerprint density at radius 2 is 1.25 bits per heavy atom. The SMILES string of the molecule is CC1/C=C\[C@@H](C)C(C)OC(=O)c2c(O)cc(O)cc2/C=C/CC(O)C1O.COCOc1cc(OCc2ccc(OC)cc2)cc2c1C(=O)OC(C)[C@H](C)/C=C\C(C)C1OC(C)(C)OC1C/C=C/2. The van der Waals surface area contributed by atoms with Gasteiger partial charge in [-0.25, -0.2) is 9.59 Å². The minimum Gasteiger partial charge on any atom is -0.508 e. The molecule has 1 saturated heterocycles. The minimum absolute atomic E-state index is 0.0208. The van der Waals surface area contributed by atoms with E-state index in [1.54, 1.807) is 39.2 Å². The van der Waals surface area contributed by atoms with Crippen LogP contribution in [0.4, 0.5) is 0 Å². The van der Waals surface area contributed by atoms with Crippen molar-refractivity contribution in [3.8, 4) is 28.7 Å². The average Bonchev–Trinajstić information content (AvgIpc) is 3.60. The van der Waals surface area contributed by atoms with Crippen molar-refractivity contribution in [2.24, 2.45) is 23.7 Å². The van der Waals surface area contributed by atoms with Crippen LogP contribution in [0.3, 0.4) is 0 Å². The Hall–Kier alpha value is -5.64. The number of aromatic hydroxyl groups is 2. The van der Waals surface area contributed by atoms with Gasteiger partial charge < -0.3 is 58.3 Å². The third kappa shape index (κ3) is 14.4. The normalized spacial score (nSPS) is 29.6. The molecule has 0 spiro atoms. The van der Waals surface area contributed by atoms with Crippen molar-refractivity contribution in [2.45, 2.75) is 117 Å². The molecule has 6 rings (SSSR count). The predicted octanol–water partition coefficient (Wildman–Crippen LogP) is 9.18. The summed E-state index contributed by atoms with van der Waals surface area (Å²) in [7, 11) is 3.16. The van der Waals surface area contributed by atoms with Crippen LogP contribution in [0.2, 0.25) is 0 Å². The largest absolute Gasteiger partial charge is 0.508 e. The molecule has 0 aromatic heterocycles. The molecule has 3 heterocycles. The second-order valence-corrected chi connectivity index (χ2v) is 17.9. The molecule has 0 saturated carbocycles. The first-order chi connectivity index (χ1) is 31.8. The number of esters is 2. The number of phenolic OH excluding ortho intramolecular Hbond substituents is 2. The van der Waals surface area contributed by atoms with Crippen molar-refractivity contribution in [1.29, 1.82) is 0 Å². The lowest BCUT2D eigenvalue weighted by Gasteiger charge is -2.23.